The van der Waals surface area contributed by atoms with Gasteiger partial charge in [0.25, 0.3) is 0 Å². The van der Waals surface area contributed by atoms with Crippen molar-refractivity contribution in [3.05, 3.63) is 102 Å². The molecule has 4 aromatic carbocycles. The van der Waals surface area contributed by atoms with E-state index in [-0.39, 0.29) is 17.9 Å². The van der Waals surface area contributed by atoms with Crippen molar-refractivity contribution in [3.63, 3.8) is 0 Å². The van der Waals surface area contributed by atoms with Crippen LogP contribution in [0.4, 0.5) is 13.2 Å². The van der Waals surface area contributed by atoms with Gasteiger partial charge in [-0.3, -0.25) is 4.79 Å². The van der Waals surface area contributed by atoms with Crippen molar-refractivity contribution in [3.8, 4) is 16.9 Å². The predicted octanol–water partition coefficient (Wildman–Crippen LogP) is 6.02. The summed E-state index contributed by atoms with van der Waals surface area (Å²) >= 11 is 0. The van der Waals surface area contributed by atoms with Gasteiger partial charge in [-0.05, 0) is 53.1 Å². The van der Waals surface area contributed by atoms with Gasteiger partial charge >= 0.3 is 12.1 Å². The summed E-state index contributed by atoms with van der Waals surface area (Å²) in [6.07, 6.45) is -4.46. The second-order valence-electron chi connectivity index (χ2n) is 8.82. The summed E-state index contributed by atoms with van der Waals surface area (Å²) in [6.45, 7) is -0.571. The number of carbonyl (C=O) groups is 2. The third-order valence-corrected chi connectivity index (χ3v) is 6.28. The Kier molecular flexibility index (Phi) is 6.71. The van der Waals surface area contributed by atoms with Crippen molar-refractivity contribution < 1.29 is 37.6 Å². The highest BCUT2D eigenvalue weighted by atomic mass is 19.4. The molecule has 0 bridgehead atoms. The maximum atomic E-state index is 13.1. The molecule has 5 aromatic rings. The van der Waals surface area contributed by atoms with Crippen LogP contribution in [0.1, 0.15) is 21.5 Å². The Hall–Kier alpha value is -4.83. The average molecular weight is 534 g/mol. The SMILES string of the molecule is NC(=O)c1cccc2c1c1c(OOCC(=O)O)cc(-c3ccccc3)cc1n2Cc1ccc(C(F)(F)F)cc1. The Labute approximate surface area is 219 Å². The molecule has 0 unspecified atom stereocenters. The molecule has 7 nitrogen and oxygen atoms in total. The lowest BCUT2D eigenvalue weighted by Gasteiger charge is -2.12. The third kappa shape index (κ3) is 5.14. The number of hydrogen-bond donors (Lipinski definition) is 2. The summed E-state index contributed by atoms with van der Waals surface area (Å²) in [6, 6.07) is 22.6. The molecule has 0 aliphatic rings. The number of aliphatic carboxylic acids is 1. The fraction of sp³-hybridized carbons (Fsp3) is 0.103. The quantitative estimate of drug-likeness (QED) is 0.187. The minimum atomic E-state index is -4.46. The molecule has 0 radical (unpaired) electrons. The Morgan fingerprint density at radius 1 is 0.846 bits per heavy atom. The molecule has 1 heterocycles. The van der Waals surface area contributed by atoms with Gasteiger partial charge in [0.1, 0.15) is 0 Å². The molecule has 0 saturated heterocycles. The molecular weight excluding hydrogens is 513 g/mol. The van der Waals surface area contributed by atoms with Crippen LogP contribution in [0, 0.1) is 0 Å². The minimum absolute atomic E-state index is 0.150. The number of carboxylic acids is 1. The summed E-state index contributed by atoms with van der Waals surface area (Å²) in [5.41, 5.74) is 8.39. The fourth-order valence-electron chi connectivity index (χ4n) is 4.59. The van der Waals surface area contributed by atoms with Crippen LogP contribution in [0.3, 0.4) is 0 Å². The summed E-state index contributed by atoms with van der Waals surface area (Å²) in [5.74, 6) is -1.79. The van der Waals surface area contributed by atoms with Gasteiger partial charge in [-0.2, -0.15) is 18.1 Å². The number of rotatable bonds is 8. The van der Waals surface area contributed by atoms with Crippen LogP contribution in [-0.4, -0.2) is 28.2 Å². The number of benzene rings is 4. The maximum Gasteiger partial charge on any atom is 0.416 e. The Bertz CT molecular complexity index is 1690. The monoisotopic (exact) mass is 534 g/mol. The first-order valence-corrected chi connectivity index (χ1v) is 11.7. The molecule has 0 spiro atoms. The zero-order valence-electron chi connectivity index (χ0n) is 20.2. The van der Waals surface area contributed by atoms with Crippen molar-refractivity contribution in [2.45, 2.75) is 12.7 Å². The molecule has 3 N–H and O–H groups in total. The smallest absolute Gasteiger partial charge is 0.416 e. The van der Waals surface area contributed by atoms with E-state index in [0.29, 0.717) is 32.9 Å². The number of alkyl halides is 3. The third-order valence-electron chi connectivity index (χ3n) is 6.28. The lowest BCUT2D eigenvalue weighted by Crippen LogP contribution is -2.11. The molecule has 10 heteroatoms. The van der Waals surface area contributed by atoms with E-state index >= 15 is 0 Å². The fourth-order valence-corrected chi connectivity index (χ4v) is 4.59. The van der Waals surface area contributed by atoms with Crippen LogP contribution in [0.25, 0.3) is 32.9 Å². The van der Waals surface area contributed by atoms with Gasteiger partial charge in [-0.15, -0.1) is 0 Å². The molecule has 0 fully saturated rings. The minimum Gasteiger partial charge on any atom is -0.479 e. The molecule has 39 heavy (non-hydrogen) atoms. The first kappa shape index (κ1) is 25.8. The number of nitrogens with two attached hydrogens (primary N) is 1. The van der Waals surface area contributed by atoms with Crippen molar-refractivity contribution in [2.24, 2.45) is 5.73 Å². The topological polar surface area (TPSA) is 104 Å². The first-order valence-electron chi connectivity index (χ1n) is 11.7. The van der Waals surface area contributed by atoms with Crippen LogP contribution in [0.15, 0.2) is 84.9 Å². The normalized spacial score (nSPS) is 11.7. The molecule has 0 atom stereocenters. The number of fused-ring (bicyclic) bond motifs is 3. The molecule has 5 rings (SSSR count). The predicted molar refractivity (Wildman–Crippen MR) is 138 cm³/mol. The maximum absolute atomic E-state index is 13.1. The van der Waals surface area contributed by atoms with E-state index in [1.807, 2.05) is 41.0 Å². The Morgan fingerprint density at radius 2 is 1.56 bits per heavy atom. The highest BCUT2D eigenvalue weighted by molar-refractivity contribution is 6.20. The van der Waals surface area contributed by atoms with E-state index in [2.05, 4.69) is 0 Å². The number of amides is 1. The standard InChI is InChI=1S/C29H21F3N2O5/c30-29(31,32)20-11-9-17(10-12-20)15-34-22-8-4-7-21(28(33)37)26(22)27-23(34)13-19(18-5-2-1-3-6-18)14-24(27)39-38-16-25(35)36/h1-14H,15-16H2,(H2,33,37)(H,35,36). The van der Waals surface area contributed by atoms with Gasteiger partial charge in [-0.1, -0.05) is 48.5 Å². The van der Waals surface area contributed by atoms with E-state index in [0.717, 1.165) is 17.7 Å². The Morgan fingerprint density at radius 3 is 2.21 bits per heavy atom. The van der Waals surface area contributed by atoms with Crippen LogP contribution >= 0.6 is 0 Å². The zero-order valence-corrected chi connectivity index (χ0v) is 20.2. The van der Waals surface area contributed by atoms with Gasteiger partial charge in [-0.25, -0.2) is 4.79 Å². The Balaban J connectivity index is 1.77. The number of nitrogens with zero attached hydrogens (tertiary/aromatic N) is 1. The van der Waals surface area contributed by atoms with E-state index in [4.69, 9.17) is 20.6 Å². The molecule has 1 aromatic heterocycles. The van der Waals surface area contributed by atoms with Gasteiger partial charge in [0.2, 0.25) is 5.91 Å². The first-order chi connectivity index (χ1) is 18.6. The molecule has 1 amide bonds. The van der Waals surface area contributed by atoms with Crippen molar-refractivity contribution >= 4 is 33.7 Å². The number of carboxylic acid groups (broad SMARTS) is 1. The van der Waals surface area contributed by atoms with Crippen molar-refractivity contribution in [1.29, 1.82) is 0 Å². The molecule has 0 saturated carbocycles. The van der Waals surface area contributed by atoms with E-state index < -0.39 is 30.2 Å². The number of primary amides is 1. The van der Waals surface area contributed by atoms with Gasteiger partial charge in [0.15, 0.2) is 12.4 Å². The van der Waals surface area contributed by atoms with Gasteiger partial charge in [0.05, 0.1) is 22.0 Å². The lowest BCUT2D eigenvalue weighted by atomic mass is 10.0. The van der Waals surface area contributed by atoms with Gasteiger partial charge < -0.3 is 20.3 Å². The molecule has 0 aliphatic carbocycles. The largest absolute Gasteiger partial charge is 0.479 e. The van der Waals surface area contributed by atoms with Crippen molar-refractivity contribution in [1.82, 2.24) is 4.57 Å². The average Bonchev–Trinajstić information content (AvgIpc) is 3.22. The second-order valence-corrected chi connectivity index (χ2v) is 8.82. The summed E-state index contributed by atoms with van der Waals surface area (Å²) in [5, 5.41) is 9.91. The van der Waals surface area contributed by atoms with E-state index in [1.165, 1.54) is 12.1 Å². The molecule has 0 aliphatic heterocycles. The highest BCUT2D eigenvalue weighted by Gasteiger charge is 2.30. The summed E-state index contributed by atoms with van der Waals surface area (Å²) in [4.78, 5) is 33.9. The lowest BCUT2D eigenvalue weighted by molar-refractivity contribution is -0.212. The van der Waals surface area contributed by atoms with Crippen LogP contribution in [0.2, 0.25) is 0 Å². The molecule has 198 valence electrons. The van der Waals surface area contributed by atoms with E-state index in [1.54, 1.807) is 24.3 Å². The number of hydrogen-bond acceptors (Lipinski definition) is 4. The zero-order chi connectivity index (χ0) is 27.7. The van der Waals surface area contributed by atoms with Crippen LogP contribution in [0.5, 0.6) is 5.75 Å². The molecular formula is C29H21F3N2O5. The number of halogens is 3. The summed E-state index contributed by atoms with van der Waals surface area (Å²) < 4.78 is 41.2. The summed E-state index contributed by atoms with van der Waals surface area (Å²) in [7, 11) is 0. The van der Waals surface area contributed by atoms with Crippen molar-refractivity contribution in [2.75, 3.05) is 6.61 Å². The number of carbonyl (C=O) groups excluding carboxylic acids is 1. The highest BCUT2D eigenvalue weighted by Crippen LogP contribution is 2.41. The van der Waals surface area contributed by atoms with Crippen LogP contribution < -0.4 is 10.6 Å². The second kappa shape index (κ2) is 10.1. The van der Waals surface area contributed by atoms with Crippen LogP contribution in [-0.2, 0) is 22.4 Å². The number of aromatic nitrogens is 1. The van der Waals surface area contributed by atoms with E-state index in [9.17, 15) is 22.8 Å². The van der Waals surface area contributed by atoms with Gasteiger partial charge in [0, 0.05) is 17.5 Å².